The molecule has 0 amide bonds. The van der Waals surface area contributed by atoms with Gasteiger partial charge in [0.15, 0.2) is 0 Å². The molecular weight excluding hydrogens is 206 g/mol. The van der Waals surface area contributed by atoms with E-state index in [-0.39, 0.29) is 5.97 Å². The van der Waals surface area contributed by atoms with Gasteiger partial charge in [-0.05, 0) is 26.2 Å². The van der Waals surface area contributed by atoms with Crippen LogP contribution in [0.3, 0.4) is 0 Å². The fourth-order valence-corrected chi connectivity index (χ4v) is 1.89. The number of carbonyl (C=O) groups excluding carboxylic acids is 1. The number of hydrogen-bond donors (Lipinski definition) is 1. The van der Waals surface area contributed by atoms with Crippen molar-refractivity contribution in [3.05, 3.63) is 0 Å². The molecule has 4 heteroatoms. The van der Waals surface area contributed by atoms with Crippen LogP contribution in [0.15, 0.2) is 0 Å². The Bertz CT molecular complexity index is 262. The number of terminal acetylenes is 1. The van der Waals surface area contributed by atoms with E-state index in [1.54, 1.807) is 6.92 Å². The Morgan fingerprint density at radius 3 is 3.06 bits per heavy atom. The zero-order chi connectivity index (χ0) is 11.9. The van der Waals surface area contributed by atoms with Gasteiger partial charge >= 0.3 is 5.97 Å². The second kappa shape index (κ2) is 6.51. The summed E-state index contributed by atoms with van der Waals surface area (Å²) in [6.45, 7) is 3.83. The lowest BCUT2D eigenvalue weighted by Gasteiger charge is -2.30. The van der Waals surface area contributed by atoms with Crippen molar-refractivity contribution in [3.8, 4) is 12.3 Å². The molecule has 1 rings (SSSR count). The van der Waals surface area contributed by atoms with E-state index in [1.807, 2.05) is 0 Å². The van der Waals surface area contributed by atoms with Crippen molar-refractivity contribution in [1.82, 2.24) is 5.32 Å². The van der Waals surface area contributed by atoms with Crippen molar-refractivity contribution in [3.63, 3.8) is 0 Å². The molecular formula is C12H19NO3. The molecule has 1 N–H and O–H groups in total. The topological polar surface area (TPSA) is 47.6 Å². The highest BCUT2D eigenvalue weighted by molar-refractivity contribution is 5.81. The lowest BCUT2D eigenvalue weighted by atomic mass is 9.90. The van der Waals surface area contributed by atoms with Crippen molar-refractivity contribution in [2.45, 2.75) is 31.7 Å². The van der Waals surface area contributed by atoms with Gasteiger partial charge < -0.3 is 9.47 Å². The number of carbonyl (C=O) groups is 1. The summed E-state index contributed by atoms with van der Waals surface area (Å²) in [5.41, 5.74) is -0.654. The second-order valence-corrected chi connectivity index (χ2v) is 3.83. The van der Waals surface area contributed by atoms with Crippen LogP contribution in [0.1, 0.15) is 26.2 Å². The Kier molecular flexibility index (Phi) is 5.30. The van der Waals surface area contributed by atoms with Crippen LogP contribution >= 0.6 is 0 Å². The van der Waals surface area contributed by atoms with Crippen molar-refractivity contribution in [1.29, 1.82) is 0 Å². The summed E-state index contributed by atoms with van der Waals surface area (Å²) in [4.78, 5) is 12.0. The van der Waals surface area contributed by atoms with Crippen molar-refractivity contribution in [2.75, 3.05) is 26.4 Å². The normalized spacial score (nSPS) is 25.5. The van der Waals surface area contributed by atoms with E-state index < -0.39 is 5.54 Å². The molecule has 0 aromatic heterocycles. The second-order valence-electron chi connectivity index (χ2n) is 3.83. The molecule has 0 aliphatic carbocycles. The number of hydrogen-bond acceptors (Lipinski definition) is 4. The molecule has 1 fully saturated rings. The highest BCUT2D eigenvalue weighted by atomic mass is 16.5. The number of rotatable bonds is 4. The molecule has 0 aromatic rings. The van der Waals surface area contributed by atoms with Crippen molar-refractivity contribution < 1.29 is 14.3 Å². The highest BCUT2D eigenvalue weighted by Gasteiger charge is 2.39. The van der Waals surface area contributed by atoms with Crippen LogP contribution in [0.4, 0.5) is 0 Å². The molecule has 90 valence electrons. The quantitative estimate of drug-likeness (QED) is 0.565. The van der Waals surface area contributed by atoms with Gasteiger partial charge in [-0.25, -0.2) is 0 Å². The molecule has 1 aliphatic heterocycles. The van der Waals surface area contributed by atoms with E-state index in [0.29, 0.717) is 39.2 Å². The Labute approximate surface area is 96.7 Å². The monoisotopic (exact) mass is 225 g/mol. The predicted octanol–water partition coefficient (Wildman–Crippen LogP) is 0.712. The van der Waals surface area contributed by atoms with Gasteiger partial charge in [-0.1, -0.05) is 5.92 Å². The van der Waals surface area contributed by atoms with E-state index in [2.05, 4.69) is 11.2 Å². The van der Waals surface area contributed by atoms with Gasteiger partial charge in [0.2, 0.25) is 0 Å². The molecule has 1 saturated heterocycles. The molecule has 0 bridgehead atoms. The molecule has 16 heavy (non-hydrogen) atoms. The van der Waals surface area contributed by atoms with Gasteiger partial charge in [0.05, 0.1) is 13.2 Å². The summed E-state index contributed by atoms with van der Waals surface area (Å²) < 4.78 is 10.5. The summed E-state index contributed by atoms with van der Waals surface area (Å²) >= 11 is 0. The first kappa shape index (κ1) is 13.0. The lowest BCUT2D eigenvalue weighted by molar-refractivity contribution is -0.151. The van der Waals surface area contributed by atoms with E-state index in [4.69, 9.17) is 15.9 Å². The fraction of sp³-hybridized carbons (Fsp3) is 0.750. The standard InChI is InChI=1S/C12H19NO3/c1-3-8-13-12(11(14)16-4-2)6-5-9-15-10-7-12/h1,13H,4-10H2,2H3. The summed E-state index contributed by atoms with van der Waals surface area (Å²) in [5.74, 6) is 2.29. The smallest absolute Gasteiger partial charge is 0.326 e. The van der Waals surface area contributed by atoms with E-state index in [9.17, 15) is 4.79 Å². The van der Waals surface area contributed by atoms with Crippen LogP contribution < -0.4 is 5.32 Å². The summed E-state index contributed by atoms with van der Waals surface area (Å²) in [6, 6.07) is 0. The Balaban J connectivity index is 2.72. The molecule has 1 aliphatic rings. The van der Waals surface area contributed by atoms with Gasteiger partial charge in [0, 0.05) is 13.2 Å². The zero-order valence-electron chi connectivity index (χ0n) is 9.75. The fourth-order valence-electron chi connectivity index (χ4n) is 1.89. The van der Waals surface area contributed by atoms with Crippen molar-refractivity contribution >= 4 is 5.97 Å². The van der Waals surface area contributed by atoms with E-state index in [1.165, 1.54) is 0 Å². The minimum Gasteiger partial charge on any atom is -0.465 e. The predicted molar refractivity (Wildman–Crippen MR) is 60.9 cm³/mol. The van der Waals surface area contributed by atoms with E-state index in [0.717, 1.165) is 6.42 Å². The van der Waals surface area contributed by atoms with Gasteiger partial charge in [-0.15, -0.1) is 6.42 Å². The Morgan fingerprint density at radius 2 is 2.38 bits per heavy atom. The van der Waals surface area contributed by atoms with E-state index >= 15 is 0 Å². The van der Waals surface area contributed by atoms with Crippen LogP contribution in [0.25, 0.3) is 0 Å². The van der Waals surface area contributed by atoms with Crippen LogP contribution in [-0.2, 0) is 14.3 Å². The maximum absolute atomic E-state index is 12.0. The average molecular weight is 225 g/mol. The minimum atomic E-state index is -0.654. The average Bonchev–Trinajstić information content (AvgIpc) is 2.53. The van der Waals surface area contributed by atoms with Gasteiger partial charge in [-0.3, -0.25) is 10.1 Å². The first-order chi connectivity index (χ1) is 7.75. The van der Waals surface area contributed by atoms with Gasteiger partial charge in [0.25, 0.3) is 0 Å². The summed E-state index contributed by atoms with van der Waals surface area (Å²) in [5, 5.41) is 3.12. The third-order valence-corrected chi connectivity index (χ3v) is 2.76. The van der Waals surface area contributed by atoms with Gasteiger partial charge in [0.1, 0.15) is 5.54 Å². The number of esters is 1. The molecule has 4 nitrogen and oxygen atoms in total. The molecule has 0 radical (unpaired) electrons. The maximum Gasteiger partial charge on any atom is 0.326 e. The molecule has 1 atom stereocenters. The molecule has 1 unspecified atom stereocenters. The summed E-state index contributed by atoms with van der Waals surface area (Å²) in [6.07, 6.45) is 7.40. The van der Waals surface area contributed by atoms with Crippen LogP contribution in [-0.4, -0.2) is 37.9 Å². The molecule has 0 spiro atoms. The number of nitrogens with one attached hydrogen (secondary N) is 1. The first-order valence-electron chi connectivity index (χ1n) is 5.68. The minimum absolute atomic E-state index is 0.212. The molecule has 0 saturated carbocycles. The van der Waals surface area contributed by atoms with Gasteiger partial charge in [-0.2, -0.15) is 0 Å². The Morgan fingerprint density at radius 1 is 1.56 bits per heavy atom. The zero-order valence-corrected chi connectivity index (χ0v) is 9.75. The molecule has 0 aromatic carbocycles. The largest absolute Gasteiger partial charge is 0.465 e. The molecule has 1 heterocycles. The highest BCUT2D eigenvalue weighted by Crippen LogP contribution is 2.23. The lowest BCUT2D eigenvalue weighted by Crippen LogP contribution is -2.53. The summed E-state index contributed by atoms with van der Waals surface area (Å²) in [7, 11) is 0. The number of ether oxygens (including phenoxy) is 2. The van der Waals surface area contributed by atoms with Crippen LogP contribution in [0.5, 0.6) is 0 Å². The first-order valence-corrected chi connectivity index (χ1v) is 5.68. The Hall–Kier alpha value is -1.05. The maximum atomic E-state index is 12.0. The van der Waals surface area contributed by atoms with Crippen LogP contribution in [0, 0.1) is 12.3 Å². The third kappa shape index (κ3) is 3.22. The van der Waals surface area contributed by atoms with Crippen LogP contribution in [0.2, 0.25) is 0 Å². The SMILES string of the molecule is C#CCNC1(C(=O)OCC)CCCOCC1. The third-order valence-electron chi connectivity index (χ3n) is 2.76. The van der Waals surface area contributed by atoms with Crippen molar-refractivity contribution in [2.24, 2.45) is 0 Å².